The Morgan fingerprint density at radius 1 is 1.32 bits per heavy atom. The number of halogens is 1. The number of aromatic nitrogens is 2. The van der Waals surface area contributed by atoms with E-state index < -0.39 is 5.91 Å². The molecule has 0 radical (unpaired) electrons. The van der Waals surface area contributed by atoms with Gasteiger partial charge in [0.2, 0.25) is 0 Å². The van der Waals surface area contributed by atoms with Crippen LogP contribution in [0.15, 0.2) is 41.5 Å². The molecule has 0 aliphatic heterocycles. The summed E-state index contributed by atoms with van der Waals surface area (Å²) in [5.74, 6) is -0.700. The Morgan fingerprint density at radius 2 is 2.05 bits per heavy atom. The van der Waals surface area contributed by atoms with Gasteiger partial charge in [-0.15, -0.1) is 0 Å². The average Bonchev–Trinajstić information content (AvgIpc) is 2.41. The van der Waals surface area contributed by atoms with Crippen molar-refractivity contribution < 1.29 is 9.18 Å². The lowest BCUT2D eigenvalue weighted by molar-refractivity contribution is 0.0949. The number of nitrogens with one attached hydrogen (secondary N) is 2. The van der Waals surface area contributed by atoms with Gasteiger partial charge in [-0.3, -0.25) is 9.59 Å². The third-order valence-electron chi connectivity index (χ3n) is 2.52. The van der Waals surface area contributed by atoms with E-state index in [-0.39, 0.29) is 17.1 Å². The number of rotatable bonds is 4. The number of nitrogens with zero attached hydrogens (tertiary/aromatic N) is 1. The minimum atomic E-state index is -0.409. The summed E-state index contributed by atoms with van der Waals surface area (Å²) in [5, 5.41) is 2.64. The Hall–Kier alpha value is -2.50. The fourth-order valence-corrected chi connectivity index (χ4v) is 1.55. The second-order valence-electron chi connectivity index (χ2n) is 3.93. The van der Waals surface area contributed by atoms with E-state index >= 15 is 0 Å². The minimum Gasteiger partial charge on any atom is -0.350 e. The van der Waals surface area contributed by atoms with Crippen LogP contribution in [0, 0.1) is 5.82 Å². The molecule has 0 atom stereocenters. The fraction of sp³-hybridized carbons (Fsp3) is 0.154. The molecule has 2 N–H and O–H groups in total. The molecular weight excluding hydrogens is 249 g/mol. The Morgan fingerprint density at radius 3 is 2.74 bits per heavy atom. The zero-order chi connectivity index (χ0) is 13.7. The Kier molecular flexibility index (Phi) is 4.02. The van der Waals surface area contributed by atoms with Crippen LogP contribution in [0.1, 0.15) is 16.1 Å². The van der Waals surface area contributed by atoms with Gasteiger partial charge in [-0.1, -0.05) is 12.1 Å². The Labute approximate surface area is 108 Å². The molecule has 1 aromatic carbocycles. The molecule has 6 heteroatoms. The second kappa shape index (κ2) is 5.90. The normalized spacial score (nSPS) is 10.2. The summed E-state index contributed by atoms with van der Waals surface area (Å²) in [6.07, 6.45) is 1.76. The number of amides is 1. The maximum Gasteiger partial charge on any atom is 0.270 e. The molecule has 0 aliphatic rings. The standard InChI is InChI=1S/C13H12FN3O2/c14-10-3-1-9(2-4-10)5-6-15-13(19)11-7-12(18)17-8-16-11/h1-4,7-8H,5-6H2,(H,15,19)(H,16,17,18). The molecule has 5 nitrogen and oxygen atoms in total. The van der Waals surface area contributed by atoms with Gasteiger partial charge < -0.3 is 10.3 Å². The van der Waals surface area contributed by atoms with Crippen molar-refractivity contribution in [1.29, 1.82) is 0 Å². The van der Waals surface area contributed by atoms with Gasteiger partial charge in [0.1, 0.15) is 11.5 Å². The molecular formula is C13H12FN3O2. The third kappa shape index (κ3) is 3.74. The first-order chi connectivity index (χ1) is 9.15. The smallest absolute Gasteiger partial charge is 0.270 e. The number of carbonyl (C=O) groups is 1. The summed E-state index contributed by atoms with van der Waals surface area (Å²) in [6, 6.07) is 7.19. The van der Waals surface area contributed by atoms with Crippen LogP contribution in [0.5, 0.6) is 0 Å². The zero-order valence-corrected chi connectivity index (χ0v) is 10.0. The van der Waals surface area contributed by atoms with Gasteiger partial charge in [0.25, 0.3) is 11.5 Å². The number of hydrogen-bond acceptors (Lipinski definition) is 3. The average molecular weight is 261 g/mol. The van der Waals surface area contributed by atoms with Crippen LogP contribution in [0.4, 0.5) is 4.39 Å². The van der Waals surface area contributed by atoms with Crippen LogP contribution in [-0.2, 0) is 6.42 Å². The lowest BCUT2D eigenvalue weighted by atomic mass is 10.1. The lowest BCUT2D eigenvalue weighted by Crippen LogP contribution is -2.27. The molecule has 2 aromatic rings. The molecule has 0 aliphatic carbocycles. The van der Waals surface area contributed by atoms with Crippen LogP contribution in [0.2, 0.25) is 0 Å². The maximum atomic E-state index is 12.7. The summed E-state index contributed by atoms with van der Waals surface area (Å²) in [5.41, 5.74) is 0.613. The van der Waals surface area contributed by atoms with Gasteiger partial charge in [-0.25, -0.2) is 9.37 Å². The highest BCUT2D eigenvalue weighted by atomic mass is 19.1. The molecule has 0 fully saturated rings. The molecule has 0 saturated heterocycles. The topological polar surface area (TPSA) is 74.8 Å². The first-order valence-electron chi connectivity index (χ1n) is 5.72. The van der Waals surface area contributed by atoms with E-state index in [4.69, 9.17) is 0 Å². The molecule has 0 spiro atoms. The van der Waals surface area contributed by atoms with Gasteiger partial charge in [-0.2, -0.15) is 0 Å². The van der Waals surface area contributed by atoms with Gasteiger partial charge in [-0.05, 0) is 24.1 Å². The van der Waals surface area contributed by atoms with Crippen molar-refractivity contribution >= 4 is 5.91 Å². The molecule has 98 valence electrons. The van der Waals surface area contributed by atoms with E-state index in [1.54, 1.807) is 12.1 Å². The van der Waals surface area contributed by atoms with E-state index in [2.05, 4.69) is 15.3 Å². The van der Waals surface area contributed by atoms with Crippen LogP contribution < -0.4 is 10.9 Å². The van der Waals surface area contributed by atoms with E-state index in [0.717, 1.165) is 11.6 Å². The maximum absolute atomic E-state index is 12.7. The summed E-state index contributed by atoms with van der Waals surface area (Å²) in [6.45, 7) is 0.388. The number of benzene rings is 1. The first-order valence-corrected chi connectivity index (χ1v) is 5.72. The molecule has 19 heavy (non-hydrogen) atoms. The first kappa shape index (κ1) is 12.9. The highest BCUT2D eigenvalue weighted by Crippen LogP contribution is 2.02. The summed E-state index contributed by atoms with van der Waals surface area (Å²) in [7, 11) is 0. The quantitative estimate of drug-likeness (QED) is 0.858. The van der Waals surface area contributed by atoms with Crippen molar-refractivity contribution in [2.75, 3.05) is 6.54 Å². The molecule has 0 bridgehead atoms. The van der Waals surface area contributed by atoms with Crippen molar-refractivity contribution in [3.8, 4) is 0 Å². The molecule has 1 amide bonds. The lowest BCUT2D eigenvalue weighted by Gasteiger charge is -2.04. The van der Waals surface area contributed by atoms with E-state index in [0.29, 0.717) is 13.0 Å². The van der Waals surface area contributed by atoms with E-state index in [9.17, 15) is 14.0 Å². The van der Waals surface area contributed by atoms with Crippen LogP contribution >= 0.6 is 0 Å². The van der Waals surface area contributed by atoms with Gasteiger partial charge in [0, 0.05) is 12.6 Å². The highest BCUT2D eigenvalue weighted by Gasteiger charge is 2.06. The summed E-state index contributed by atoms with van der Waals surface area (Å²) >= 11 is 0. The largest absolute Gasteiger partial charge is 0.350 e. The monoisotopic (exact) mass is 261 g/mol. The number of hydrogen-bond donors (Lipinski definition) is 2. The van der Waals surface area contributed by atoms with Crippen molar-refractivity contribution in [3.05, 3.63) is 64.1 Å². The second-order valence-corrected chi connectivity index (χ2v) is 3.93. The minimum absolute atomic E-state index is 0.0721. The van der Waals surface area contributed by atoms with E-state index in [1.807, 2.05) is 0 Å². The SMILES string of the molecule is O=C(NCCc1ccc(F)cc1)c1cc(=O)[nH]cn1. The van der Waals surface area contributed by atoms with Crippen molar-refractivity contribution in [3.63, 3.8) is 0 Å². The van der Waals surface area contributed by atoms with Crippen LogP contribution in [0.3, 0.4) is 0 Å². The Bertz CT molecular complexity index is 622. The Balaban J connectivity index is 1.87. The van der Waals surface area contributed by atoms with Crippen molar-refractivity contribution in [2.24, 2.45) is 0 Å². The highest BCUT2D eigenvalue weighted by molar-refractivity contribution is 5.91. The summed E-state index contributed by atoms with van der Waals surface area (Å²) in [4.78, 5) is 28.8. The summed E-state index contributed by atoms with van der Waals surface area (Å²) < 4.78 is 12.7. The van der Waals surface area contributed by atoms with Crippen molar-refractivity contribution in [2.45, 2.75) is 6.42 Å². The number of carbonyl (C=O) groups excluding carboxylic acids is 1. The van der Waals surface area contributed by atoms with Crippen LogP contribution in [0.25, 0.3) is 0 Å². The molecule has 2 rings (SSSR count). The molecule has 0 saturated carbocycles. The predicted octanol–water partition coefficient (Wildman–Crippen LogP) is 0.881. The van der Waals surface area contributed by atoms with Gasteiger partial charge in [0.15, 0.2) is 0 Å². The molecule has 0 unspecified atom stereocenters. The van der Waals surface area contributed by atoms with Crippen LogP contribution in [-0.4, -0.2) is 22.4 Å². The number of aromatic amines is 1. The zero-order valence-electron chi connectivity index (χ0n) is 10.0. The third-order valence-corrected chi connectivity index (χ3v) is 2.52. The van der Waals surface area contributed by atoms with E-state index in [1.165, 1.54) is 18.5 Å². The van der Waals surface area contributed by atoms with Gasteiger partial charge >= 0.3 is 0 Å². The predicted molar refractivity (Wildman–Crippen MR) is 67.3 cm³/mol. The number of H-pyrrole nitrogens is 1. The van der Waals surface area contributed by atoms with Gasteiger partial charge in [0.05, 0.1) is 6.33 Å². The molecule has 1 heterocycles. The fourth-order valence-electron chi connectivity index (χ4n) is 1.55. The van der Waals surface area contributed by atoms with Crippen molar-refractivity contribution in [1.82, 2.24) is 15.3 Å². The molecule has 1 aromatic heterocycles.